The van der Waals surface area contributed by atoms with Gasteiger partial charge in [0, 0.05) is 11.1 Å². The Hall–Kier alpha value is -1.62. The Labute approximate surface area is 119 Å². The molecule has 0 N–H and O–H groups in total. The molecule has 4 nitrogen and oxygen atoms in total. The van der Waals surface area contributed by atoms with Gasteiger partial charge in [-0.25, -0.2) is 4.57 Å². The molecule has 0 atom stereocenters. The third kappa shape index (κ3) is 3.23. The number of azo groups is 1. The Morgan fingerprint density at radius 2 is 2.11 bits per heavy atom. The zero-order valence-electron chi connectivity index (χ0n) is 10.9. The van der Waals surface area contributed by atoms with Gasteiger partial charge < -0.3 is 4.72 Å². The van der Waals surface area contributed by atoms with Crippen molar-refractivity contribution >= 4 is 43.8 Å². The highest BCUT2D eigenvalue weighted by Gasteiger charge is 2.10. The molecular weight excluding hydrogens is 254 g/mol. The maximum Gasteiger partial charge on any atom is 0.408 e. The summed E-state index contributed by atoms with van der Waals surface area (Å²) >= 11 is 1.56. The molecule has 4 radical (unpaired) electrons. The predicted molar refractivity (Wildman–Crippen MR) is 79.5 cm³/mol. The van der Waals surface area contributed by atoms with Gasteiger partial charge in [-0.2, -0.15) is 0 Å². The van der Waals surface area contributed by atoms with E-state index in [9.17, 15) is 0 Å². The highest BCUT2D eigenvalue weighted by atomic mass is 32.1. The van der Waals surface area contributed by atoms with Gasteiger partial charge in [0.1, 0.15) is 11.9 Å². The summed E-state index contributed by atoms with van der Waals surface area (Å²) in [4.78, 5) is 0. The second kappa shape index (κ2) is 6.02. The van der Waals surface area contributed by atoms with E-state index in [4.69, 9.17) is 16.0 Å². The lowest BCUT2D eigenvalue weighted by atomic mass is 10.1. The number of hydrogen-bond donors (Lipinski definition) is 0. The largest absolute Gasteiger partial charge is 0.479 e. The maximum atomic E-state index is 5.48. The van der Waals surface area contributed by atoms with Crippen molar-refractivity contribution in [2.45, 2.75) is 20.4 Å². The SMILES string of the molecule is [B]N([B])c1ccc(N=Nc2scc[n+]2CC)c(C)c1. The zero-order chi connectivity index (χ0) is 13.8. The number of aromatic nitrogens is 1. The highest BCUT2D eigenvalue weighted by molar-refractivity contribution is 7.12. The van der Waals surface area contributed by atoms with Crippen LogP contribution in [0.5, 0.6) is 0 Å². The van der Waals surface area contributed by atoms with Gasteiger partial charge in [0.2, 0.25) is 16.0 Å². The average Bonchev–Trinajstić information content (AvgIpc) is 2.84. The van der Waals surface area contributed by atoms with Crippen LogP contribution in [-0.4, -0.2) is 16.0 Å². The number of rotatable bonds is 4. The third-order valence-electron chi connectivity index (χ3n) is 2.72. The second-order valence-corrected chi connectivity index (χ2v) is 4.92. The molecule has 0 aliphatic heterocycles. The molecular formula is C12H13B2N4S+. The van der Waals surface area contributed by atoms with E-state index in [1.54, 1.807) is 11.3 Å². The van der Waals surface area contributed by atoms with E-state index in [-0.39, 0.29) is 0 Å². The fourth-order valence-corrected chi connectivity index (χ4v) is 2.37. The lowest BCUT2D eigenvalue weighted by Gasteiger charge is -2.14. The minimum Gasteiger partial charge on any atom is -0.479 e. The summed E-state index contributed by atoms with van der Waals surface area (Å²) in [5.74, 6) is 0. The molecule has 0 amide bonds. The van der Waals surface area contributed by atoms with Crippen molar-refractivity contribution in [3.8, 4) is 0 Å². The van der Waals surface area contributed by atoms with Crippen molar-refractivity contribution in [1.82, 2.24) is 0 Å². The Morgan fingerprint density at radius 3 is 2.74 bits per heavy atom. The Kier molecular flexibility index (Phi) is 4.37. The molecule has 0 saturated heterocycles. The van der Waals surface area contributed by atoms with Crippen molar-refractivity contribution in [3.05, 3.63) is 35.3 Å². The molecule has 7 heteroatoms. The second-order valence-electron chi connectivity index (χ2n) is 4.05. The molecule has 2 aromatic rings. The van der Waals surface area contributed by atoms with Crippen LogP contribution in [-0.2, 0) is 6.54 Å². The highest BCUT2D eigenvalue weighted by Crippen LogP contribution is 2.25. The smallest absolute Gasteiger partial charge is 0.408 e. The van der Waals surface area contributed by atoms with E-state index < -0.39 is 0 Å². The molecule has 1 aromatic heterocycles. The van der Waals surface area contributed by atoms with Gasteiger partial charge in [-0.1, -0.05) is 0 Å². The van der Waals surface area contributed by atoms with Crippen LogP contribution in [0.2, 0.25) is 0 Å². The number of anilines is 1. The van der Waals surface area contributed by atoms with Crippen LogP contribution < -0.4 is 9.29 Å². The molecule has 2 rings (SSSR count). The third-order valence-corrected chi connectivity index (χ3v) is 3.51. The van der Waals surface area contributed by atoms with Gasteiger partial charge in [0.15, 0.2) is 0 Å². The van der Waals surface area contributed by atoms with Crippen LogP contribution >= 0.6 is 11.3 Å². The van der Waals surface area contributed by atoms with Crippen molar-refractivity contribution in [1.29, 1.82) is 0 Å². The van der Waals surface area contributed by atoms with Gasteiger partial charge in [-0.15, -0.1) is 0 Å². The molecule has 19 heavy (non-hydrogen) atoms. The molecule has 0 aliphatic rings. The molecule has 0 saturated carbocycles. The maximum absolute atomic E-state index is 5.48. The first kappa shape index (κ1) is 13.8. The van der Waals surface area contributed by atoms with Gasteiger partial charge in [-0.3, -0.25) is 0 Å². The van der Waals surface area contributed by atoms with Crippen LogP contribution in [0, 0.1) is 6.92 Å². The van der Waals surface area contributed by atoms with Gasteiger partial charge in [-0.05, 0) is 54.1 Å². The standard InChI is InChI=1S/C12H13B2N4S/c1-3-17-6-7-19-12(17)16-15-11-5-4-10(18(13)14)8-9(11)2/h4-8H,3H2,1-2H3/q+1. The number of nitrogens with zero attached hydrogens (tertiary/aromatic N) is 4. The molecule has 0 fully saturated rings. The number of aryl methyl sites for hydroxylation is 2. The molecule has 0 spiro atoms. The van der Waals surface area contributed by atoms with Crippen LogP contribution in [0.1, 0.15) is 12.5 Å². The topological polar surface area (TPSA) is 31.8 Å². The summed E-state index contributed by atoms with van der Waals surface area (Å²) in [5, 5.41) is 11.4. The van der Waals surface area contributed by atoms with Crippen LogP contribution in [0.3, 0.4) is 0 Å². The molecule has 1 aromatic carbocycles. The zero-order valence-corrected chi connectivity index (χ0v) is 11.8. The van der Waals surface area contributed by atoms with Crippen molar-refractivity contribution in [2.75, 3.05) is 4.72 Å². The van der Waals surface area contributed by atoms with Crippen LogP contribution in [0.15, 0.2) is 40.0 Å². The van der Waals surface area contributed by atoms with Gasteiger partial charge in [0.05, 0.1) is 11.7 Å². The quantitative estimate of drug-likeness (QED) is 0.476. The summed E-state index contributed by atoms with van der Waals surface area (Å²) in [5.41, 5.74) is 2.51. The summed E-state index contributed by atoms with van der Waals surface area (Å²) in [6, 6.07) is 5.53. The summed E-state index contributed by atoms with van der Waals surface area (Å²) < 4.78 is 3.12. The monoisotopic (exact) mass is 267 g/mol. The van der Waals surface area contributed by atoms with Gasteiger partial charge >= 0.3 is 5.13 Å². The van der Waals surface area contributed by atoms with E-state index in [1.165, 1.54) is 0 Å². The summed E-state index contributed by atoms with van der Waals surface area (Å²) in [7, 11) is 11.0. The van der Waals surface area contributed by atoms with E-state index in [1.807, 2.05) is 41.3 Å². The van der Waals surface area contributed by atoms with Crippen LogP contribution in [0.4, 0.5) is 16.5 Å². The number of benzene rings is 1. The van der Waals surface area contributed by atoms with Crippen molar-refractivity contribution < 1.29 is 4.57 Å². The number of hydrogen-bond acceptors (Lipinski definition) is 4. The normalized spacial score (nSPS) is 11.1. The van der Waals surface area contributed by atoms with Crippen molar-refractivity contribution in [2.24, 2.45) is 10.2 Å². The first-order valence-corrected chi connectivity index (χ1v) is 6.78. The Bertz CT molecular complexity index is 595. The van der Waals surface area contributed by atoms with E-state index >= 15 is 0 Å². The Balaban J connectivity index is 2.24. The predicted octanol–water partition coefficient (Wildman–Crippen LogP) is 2.75. The van der Waals surface area contributed by atoms with E-state index in [2.05, 4.69) is 17.2 Å². The lowest BCUT2D eigenvalue weighted by Crippen LogP contribution is -2.28. The fourth-order valence-electron chi connectivity index (χ4n) is 1.63. The van der Waals surface area contributed by atoms with Gasteiger partial charge in [0.25, 0.3) is 0 Å². The summed E-state index contributed by atoms with van der Waals surface area (Å²) in [6.07, 6.45) is 2.00. The number of thiazole rings is 1. The minimum atomic E-state index is 0.733. The van der Waals surface area contributed by atoms with E-state index in [0.29, 0.717) is 0 Å². The fraction of sp³-hybridized carbons (Fsp3) is 0.250. The molecule has 0 aliphatic carbocycles. The average molecular weight is 267 g/mol. The first-order chi connectivity index (χ1) is 9.11. The first-order valence-electron chi connectivity index (χ1n) is 5.90. The van der Waals surface area contributed by atoms with Crippen LogP contribution in [0.25, 0.3) is 0 Å². The molecule has 92 valence electrons. The minimum absolute atomic E-state index is 0.733. The molecule has 0 unspecified atom stereocenters. The Morgan fingerprint density at radius 1 is 1.32 bits per heavy atom. The van der Waals surface area contributed by atoms with Crippen molar-refractivity contribution in [3.63, 3.8) is 0 Å². The molecule has 0 bridgehead atoms. The molecule has 1 heterocycles. The lowest BCUT2D eigenvalue weighted by molar-refractivity contribution is -0.676. The van der Waals surface area contributed by atoms with E-state index in [0.717, 1.165) is 33.3 Å². The summed E-state index contributed by atoms with van der Waals surface area (Å²) in [6.45, 7) is 4.90.